The molecule has 1 aliphatic heterocycles. The monoisotopic (exact) mass is 527 g/mol. The first kappa shape index (κ1) is 24.8. The summed E-state index contributed by atoms with van der Waals surface area (Å²) in [5, 5.41) is 3.12. The lowest BCUT2D eigenvalue weighted by Crippen LogP contribution is -2.32. The predicted molar refractivity (Wildman–Crippen MR) is 140 cm³/mol. The maximum Gasteiger partial charge on any atom is 0.283 e. The summed E-state index contributed by atoms with van der Waals surface area (Å²) >= 11 is 18.2. The Morgan fingerprint density at radius 2 is 1.66 bits per heavy atom. The number of carbonyl (C=O) groups is 3. The Balaban J connectivity index is 1.59. The van der Waals surface area contributed by atoms with Crippen LogP contribution in [0.5, 0.6) is 0 Å². The molecule has 1 heterocycles. The molecule has 3 amide bonds. The lowest BCUT2D eigenvalue weighted by atomic mass is 10.1. The highest BCUT2D eigenvalue weighted by Crippen LogP contribution is 2.33. The topological polar surface area (TPSA) is 69.7 Å². The van der Waals surface area contributed by atoms with Gasteiger partial charge in [-0.2, -0.15) is 0 Å². The number of nitrogens with zero attached hydrogens (tertiary/aromatic N) is 2. The van der Waals surface area contributed by atoms with Crippen molar-refractivity contribution >= 4 is 69.6 Å². The number of imide groups is 1. The van der Waals surface area contributed by atoms with Crippen LogP contribution < -0.4 is 15.1 Å². The van der Waals surface area contributed by atoms with E-state index in [0.29, 0.717) is 22.8 Å². The average Bonchev–Trinajstić information content (AvgIpc) is 3.04. The van der Waals surface area contributed by atoms with Crippen molar-refractivity contribution in [1.29, 1.82) is 0 Å². The number of anilines is 3. The molecule has 3 aromatic carbocycles. The molecule has 0 saturated heterocycles. The maximum atomic E-state index is 13.3. The first-order chi connectivity index (χ1) is 16.7. The summed E-state index contributed by atoms with van der Waals surface area (Å²) in [6.07, 6.45) is 0. The number of benzene rings is 3. The number of amides is 3. The Morgan fingerprint density at radius 3 is 2.34 bits per heavy atom. The standard InChI is InChI=1S/C26H20Cl3N3O3/c1-3-31(18-9-4-6-15(2)12-18)24(33)16-7-5-8-17(13-16)30-23-22(29)25(34)32(26(23)35)19-10-11-20(27)21(28)14-19/h4-14,30H,3H2,1-2H3. The molecule has 0 spiro atoms. The minimum absolute atomic E-state index is 0.0987. The Hall–Kier alpha value is -3.32. The molecule has 0 radical (unpaired) electrons. The van der Waals surface area contributed by atoms with Crippen LogP contribution in [0.2, 0.25) is 10.0 Å². The van der Waals surface area contributed by atoms with Crippen LogP contribution >= 0.6 is 34.8 Å². The Morgan fingerprint density at radius 1 is 0.914 bits per heavy atom. The molecule has 6 nitrogen and oxygen atoms in total. The van der Waals surface area contributed by atoms with Gasteiger partial charge in [0.15, 0.2) is 0 Å². The largest absolute Gasteiger partial charge is 0.350 e. The van der Waals surface area contributed by atoms with Gasteiger partial charge in [-0.3, -0.25) is 14.4 Å². The third kappa shape index (κ3) is 4.91. The molecule has 0 atom stereocenters. The van der Waals surface area contributed by atoms with E-state index in [2.05, 4.69) is 5.32 Å². The van der Waals surface area contributed by atoms with Crippen molar-refractivity contribution in [3.05, 3.63) is 98.6 Å². The first-order valence-electron chi connectivity index (χ1n) is 10.7. The summed E-state index contributed by atoms with van der Waals surface area (Å²) in [6.45, 7) is 4.33. The zero-order valence-electron chi connectivity index (χ0n) is 18.8. The van der Waals surface area contributed by atoms with Crippen molar-refractivity contribution in [3.8, 4) is 0 Å². The van der Waals surface area contributed by atoms with Gasteiger partial charge in [0, 0.05) is 23.5 Å². The van der Waals surface area contributed by atoms with Gasteiger partial charge < -0.3 is 10.2 Å². The highest BCUT2D eigenvalue weighted by Gasteiger charge is 2.39. The average molecular weight is 529 g/mol. The lowest BCUT2D eigenvalue weighted by molar-refractivity contribution is -0.120. The molecule has 0 saturated carbocycles. The molecule has 4 rings (SSSR count). The summed E-state index contributed by atoms with van der Waals surface area (Å²) in [7, 11) is 0. The summed E-state index contributed by atoms with van der Waals surface area (Å²) < 4.78 is 0. The normalized spacial score (nSPS) is 13.5. The molecule has 9 heteroatoms. The van der Waals surface area contributed by atoms with Crippen LogP contribution in [-0.4, -0.2) is 24.3 Å². The minimum Gasteiger partial charge on any atom is -0.350 e. The van der Waals surface area contributed by atoms with Gasteiger partial charge in [-0.1, -0.05) is 53.0 Å². The van der Waals surface area contributed by atoms with Gasteiger partial charge in [-0.25, -0.2) is 4.90 Å². The van der Waals surface area contributed by atoms with Crippen LogP contribution in [-0.2, 0) is 9.59 Å². The second-order valence-electron chi connectivity index (χ2n) is 7.83. The fraction of sp³-hybridized carbons (Fsp3) is 0.115. The second kappa shape index (κ2) is 10.1. The van der Waals surface area contributed by atoms with Gasteiger partial charge >= 0.3 is 0 Å². The van der Waals surface area contributed by atoms with Crippen LogP contribution in [0.25, 0.3) is 0 Å². The van der Waals surface area contributed by atoms with E-state index >= 15 is 0 Å². The molecule has 3 aromatic rings. The highest BCUT2D eigenvalue weighted by atomic mass is 35.5. The third-order valence-corrected chi connectivity index (χ3v) is 6.53. The number of rotatable bonds is 6. The van der Waals surface area contributed by atoms with E-state index in [-0.39, 0.29) is 27.3 Å². The highest BCUT2D eigenvalue weighted by molar-refractivity contribution is 6.53. The fourth-order valence-corrected chi connectivity index (χ4v) is 4.24. The third-order valence-electron chi connectivity index (χ3n) is 5.44. The number of hydrogen-bond acceptors (Lipinski definition) is 4. The molecule has 0 unspecified atom stereocenters. The van der Waals surface area contributed by atoms with E-state index in [1.807, 2.05) is 38.1 Å². The van der Waals surface area contributed by atoms with Gasteiger partial charge in [-0.15, -0.1) is 0 Å². The molecule has 1 aliphatic rings. The van der Waals surface area contributed by atoms with Crippen molar-refractivity contribution in [2.45, 2.75) is 13.8 Å². The molecular formula is C26H20Cl3N3O3. The number of aryl methyl sites for hydroxylation is 1. The number of hydrogen-bond donors (Lipinski definition) is 1. The fourth-order valence-electron chi connectivity index (χ4n) is 3.74. The SMILES string of the molecule is CCN(C(=O)c1cccc(NC2=C(Cl)C(=O)N(c3ccc(Cl)c(Cl)c3)C2=O)c1)c1cccc(C)c1. The smallest absolute Gasteiger partial charge is 0.283 e. The number of nitrogens with one attached hydrogen (secondary N) is 1. The van der Waals surface area contributed by atoms with Gasteiger partial charge in [-0.05, 0) is 67.9 Å². The van der Waals surface area contributed by atoms with Crippen molar-refractivity contribution < 1.29 is 14.4 Å². The molecule has 0 aromatic heterocycles. The van der Waals surface area contributed by atoms with Crippen molar-refractivity contribution in [1.82, 2.24) is 0 Å². The zero-order chi connectivity index (χ0) is 25.3. The van der Waals surface area contributed by atoms with Gasteiger partial charge in [0.1, 0.15) is 10.7 Å². The van der Waals surface area contributed by atoms with Crippen LogP contribution in [0.3, 0.4) is 0 Å². The first-order valence-corrected chi connectivity index (χ1v) is 11.8. The van der Waals surface area contributed by atoms with Crippen LogP contribution in [0.15, 0.2) is 77.5 Å². The molecule has 1 N–H and O–H groups in total. The van der Waals surface area contributed by atoms with Crippen molar-refractivity contribution in [2.75, 3.05) is 21.7 Å². The van der Waals surface area contributed by atoms with E-state index in [1.165, 1.54) is 18.2 Å². The zero-order valence-corrected chi connectivity index (χ0v) is 21.1. The van der Waals surface area contributed by atoms with E-state index in [1.54, 1.807) is 29.2 Å². The van der Waals surface area contributed by atoms with Crippen LogP contribution in [0.1, 0.15) is 22.8 Å². The molecular weight excluding hydrogens is 509 g/mol. The Bertz CT molecular complexity index is 1390. The minimum atomic E-state index is -0.693. The lowest BCUT2D eigenvalue weighted by Gasteiger charge is -2.22. The maximum absolute atomic E-state index is 13.3. The van der Waals surface area contributed by atoms with Gasteiger partial charge in [0.25, 0.3) is 17.7 Å². The van der Waals surface area contributed by atoms with Crippen LogP contribution in [0, 0.1) is 6.92 Å². The molecule has 178 valence electrons. The molecule has 0 aliphatic carbocycles. The summed E-state index contributed by atoms with van der Waals surface area (Å²) in [5.74, 6) is -1.54. The molecule has 35 heavy (non-hydrogen) atoms. The summed E-state index contributed by atoms with van der Waals surface area (Å²) in [4.78, 5) is 41.6. The van der Waals surface area contributed by atoms with E-state index in [9.17, 15) is 14.4 Å². The summed E-state index contributed by atoms with van der Waals surface area (Å²) in [6, 6.07) is 18.7. The van der Waals surface area contributed by atoms with Crippen molar-refractivity contribution in [3.63, 3.8) is 0 Å². The summed E-state index contributed by atoms with van der Waals surface area (Å²) in [5.41, 5.74) is 2.81. The van der Waals surface area contributed by atoms with Gasteiger partial charge in [0.2, 0.25) is 0 Å². The van der Waals surface area contributed by atoms with Crippen molar-refractivity contribution in [2.24, 2.45) is 0 Å². The van der Waals surface area contributed by atoms with Gasteiger partial charge in [0.05, 0.1) is 15.7 Å². The molecule has 0 bridgehead atoms. The quantitative estimate of drug-likeness (QED) is 0.376. The van der Waals surface area contributed by atoms with E-state index in [0.717, 1.165) is 16.2 Å². The number of carbonyl (C=O) groups excluding carboxylic acids is 3. The predicted octanol–water partition coefficient (Wildman–Crippen LogP) is 6.40. The molecule has 0 fully saturated rings. The number of halogens is 3. The van der Waals surface area contributed by atoms with Crippen LogP contribution in [0.4, 0.5) is 17.1 Å². The Kier molecular flexibility index (Phi) is 7.17. The Labute approximate surface area is 217 Å². The van der Waals surface area contributed by atoms with E-state index in [4.69, 9.17) is 34.8 Å². The van der Waals surface area contributed by atoms with E-state index < -0.39 is 11.8 Å². The second-order valence-corrected chi connectivity index (χ2v) is 9.02.